The van der Waals surface area contributed by atoms with Gasteiger partial charge in [0.15, 0.2) is 11.6 Å². The quantitative estimate of drug-likeness (QED) is 0.540. The first kappa shape index (κ1) is 16.9. The molecule has 0 bridgehead atoms. The number of nitrogens with zero attached hydrogens (tertiary/aromatic N) is 2. The number of anilines is 2. The zero-order chi connectivity index (χ0) is 19.0. The Bertz CT molecular complexity index is 1140. The Morgan fingerprint density at radius 3 is 2.56 bits per heavy atom. The minimum atomic E-state index is -0.656. The number of phenols is 1. The molecule has 4 rings (SSSR count). The van der Waals surface area contributed by atoms with Gasteiger partial charge in [0.05, 0.1) is 24.5 Å². The van der Waals surface area contributed by atoms with E-state index in [-0.39, 0.29) is 0 Å². The molecule has 0 aliphatic rings. The summed E-state index contributed by atoms with van der Waals surface area (Å²) in [6.45, 7) is 2.00. The second-order valence-electron chi connectivity index (χ2n) is 6.28. The summed E-state index contributed by atoms with van der Waals surface area (Å²) < 4.78 is 20.2. The minimum Gasteiger partial charge on any atom is -0.505 e. The number of aromatic nitrogens is 2. The van der Waals surface area contributed by atoms with E-state index in [1.165, 1.54) is 12.1 Å². The van der Waals surface area contributed by atoms with Crippen molar-refractivity contribution < 1.29 is 14.2 Å². The predicted octanol–water partition coefficient (Wildman–Crippen LogP) is 4.93. The van der Waals surface area contributed by atoms with Crippen LogP contribution in [0.2, 0.25) is 0 Å². The van der Waals surface area contributed by atoms with Crippen LogP contribution >= 0.6 is 0 Å². The van der Waals surface area contributed by atoms with Gasteiger partial charge in [-0.1, -0.05) is 0 Å². The van der Waals surface area contributed by atoms with Crippen LogP contribution in [0.4, 0.5) is 15.8 Å². The molecule has 6 heteroatoms. The second kappa shape index (κ2) is 6.64. The van der Waals surface area contributed by atoms with Gasteiger partial charge in [-0.25, -0.2) is 9.07 Å². The van der Waals surface area contributed by atoms with Crippen molar-refractivity contribution in [3.8, 4) is 17.2 Å². The normalized spacial score (nSPS) is 10.9. The number of aryl methyl sites for hydroxylation is 1. The molecule has 136 valence electrons. The molecule has 2 N–H and O–H groups in total. The standard InChI is InChI=1S/C21H18FN3O2/c1-13-9-15(4-8-21(13)27-2)24-16-3-7-19-14(10-16)12-23-25(19)17-5-6-18(22)20(26)11-17/h3-12,24,26H,1-2H3. The molecule has 5 nitrogen and oxygen atoms in total. The van der Waals surface area contributed by atoms with Crippen LogP contribution in [0.25, 0.3) is 16.6 Å². The van der Waals surface area contributed by atoms with Crippen LogP contribution in [0.5, 0.6) is 11.5 Å². The Kier molecular flexibility index (Phi) is 4.16. The molecular formula is C21H18FN3O2. The van der Waals surface area contributed by atoms with Crippen LogP contribution < -0.4 is 10.1 Å². The van der Waals surface area contributed by atoms with Gasteiger partial charge in [-0.3, -0.25) is 0 Å². The first-order valence-corrected chi connectivity index (χ1v) is 8.43. The van der Waals surface area contributed by atoms with Crippen LogP contribution in [0.1, 0.15) is 5.56 Å². The fourth-order valence-corrected chi connectivity index (χ4v) is 3.07. The Morgan fingerprint density at radius 2 is 1.81 bits per heavy atom. The summed E-state index contributed by atoms with van der Waals surface area (Å²) in [5.41, 5.74) is 4.39. The average molecular weight is 363 g/mol. The number of phenolic OH excluding ortho intramolecular Hbond substituents is 1. The van der Waals surface area contributed by atoms with Gasteiger partial charge in [0.2, 0.25) is 0 Å². The molecular weight excluding hydrogens is 345 g/mol. The highest BCUT2D eigenvalue weighted by Gasteiger charge is 2.09. The average Bonchev–Trinajstić information content (AvgIpc) is 3.07. The number of fused-ring (bicyclic) bond motifs is 1. The van der Waals surface area contributed by atoms with Crippen LogP contribution in [0.3, 0.4) is 0 Å². The van der Waals surface area contributed by atoms with Crippen LogP contribution in [-0.2, 0) is 0 Å². The zero-order valence-corrected chi connectivity index (χ0v) is 14.9. The molecule has 0 atom stereocenters. The number of hydrogen-bond acceptors (Lipinski definition) is 4. The lowest BCUT2D eigenvalue weighted by Crippen LogP contribution is -1.96. The predicted molar refractivity (Wildman–Crippen MR) is 104 cm³/mol. The van der Waals surface area contributed by atoms with E-state index in [1.807, 2.05) is 43.3 Å². The number of aromatic hydroxyl groups is 1. The number of methoxy groups -OCH3 is 1. The number of hydrogen-bond donors (Lipinski definition) is 2. The van der Waals surface area contributed by atoms with Gasteiger partial charge in [-0.05, 0) is 61.0 Å². The highest BCUT2D eigenvalue weighted by molar-refractivity contribution is 5.85. The van der Waals surface area contributed by atoms with E-state index in [1.54, 1.807) is 24.1 Å². The lowest BCUT2D eigenvalue weighted by molar-refractivity contribution is 0.412. The number of benzene rings is 3. The van der Waals surface area contributed by atoms with E-state index >= 15 is 0 Å². The van der Waals surface area contributed by atoms with E-state index in [9.17, 15) is 9.50 Å². The maximum absolute atomic E-state index is 13.3. The highest BCUT2D eigenvalue weighted by Crippen LogP contribution is 2.28. The van der Waals surface area contributed by atoms with Crippen LogP contribution in [0, 0.1) is 12.7 Å². The van der Waals surface area contributed by atoms with Crippen molar-refractivity contribution in [1.29, 1.82) is 0 Å². The van der Waals surface area contributed by atoms with Gasteiger partial charge in [0.1, 0.15) is 5.75 Å². The number of halogens is 1. The maximum atomic E-state index is 13.3. The van der Waals surface area contributed by atoms with Crippen molar-refractivity contribution in [3.63, 3.8) is 0 Å². The summed E-state index contributed by atoms with van der Waals surface area (Å²) in [5.74, 6) is -0.208. The monoisotopic (exact) mass is 363 g/mol. The first-order valence-electron chi connectivity index (χ1n) is 8.43. The fourth-order valence-electron chi connectivity index (χ4n) is 3.07. The van der Waals surface area contributed by atoms with Gasteiger partial charge in [0.25, 0.3) is 0 Å². The van der Waals surface area contributed by atoms with Crippen molar-refractivity contribution in [1.82, 2.24) is 9.78 Å². The smallest absolute Gasteiger partial charge is 0.164 e. The van der Waals surface area contributed by atoms with Gasteiger partial charge in [0, 0.05) is 22.8 Å². The summed E-state index contributed by atoms with van der Waals surface area (Å²) in [6.07, 6.45) is 1.74. The fraction of sp³-hybridized carbons (Fsp3) is 0.0952. The topological polar surface area (TPSA) is 59.3 Å². The van der Waals surface area contributed by atoms with E-state index < -0.39 is 11.6 Å². The molecule has 0 fully saturated rings. The van der Waals surface area contributed by atoms with Crippen LogP contribution in [0.15, 0.2) is 60.8 Å². The van der Waals surface area contributed by atoms with Crippen molar-refractivity contribution in [2.24, 2.45) is 0 Å². The molecule has 0 spiro atoms. The molecule has 0 unspecified atom stereocenters. The summed E-state index contributed by atoms with van der Waals surface area (Å²) in [7, 11) is 1.65. The number of nitrogens with one attached hydrogen (secondary N) is 1. The van der Waals surface area contributed by atoms with Crippen LogP contribution in [-0.4, -0.2) is 22.0 Å². The SMILES string of the molecule is COc1ccc(Nc2ccc3c(cnn3-c3ccc(F)c(O)c3)c2)cc1C. The number of rotatable bonds is 4. The molecule has 27 heavy (non-hydrogen) atoms. The molecule has 0 radical (unpaired) electrons. The Labute approximate surface area is 155 Å². The van der Waals surface area contributed by atoms with Crippen molar-refractivity contribution in [2.75, 3.05) is 12.4 Å². The summed E-state index contributed by atoms with van der Waals surface area (Å²) >= 11 is 0. The minimum absolute atomic E-state index is 0.399. The Morgan fingerprint density at radius 1 is 1.04 bits per heavy atom. The Hall–Kier alpha value is -3.54. The van der Waals surface area contributed by atoms with Crippen molar-refractivity contribution in [3.05, 3.63) is 72.2 Å². The zero-order valence-electron chi connectivity index (χ0n) is 14.9. The molecule has 0 aliphatic carbocycles. The van der Waals surface area contributed by atoms with Gasteiger partial charge in [-0.2, -0.15) is 5.10 Å². The lowest BCUT2D eigenvalue weighted by atomic mass is 10.2. The summed E-state index contributed by atoms with van der Waals surface area (Å²) in [4.78, 5) is 0. The third-order valence-electron chi connectivity index (χ3n) is 4.43. The van der Waals surface area contributed by atoms with E-state index in [4.69, 9.17) is 4.74 Å². The van der Waals surface area contributed by atoms with Gasteiger partial charge >= 0.3 is 0 Å². The molecule has 0 amide bonds. The molecule has 1 aromatic heterocycles. The molecule has 1 heterocycles. The molecule has 0 saturated heterocycles. The second-order valence-corrected chi connectivity index (χ2v) is 6.28. The van der Waals surface area contributed by atoms with Crippen molar-refractivity contribution in [2.45, 2.75) is 6.92 Å². The first-order chi connectivity index (χ1) is 13.0. The molecule has 4 aromatic rings. The van der Waals surface area contributed by atoms with E-state index in [2.05, 4.69) is 10.4 Å². The van der Waals surface area contributed by atoms with E-state index in [0.29, 0.717) is 5.69 Å². The number of ether oxygens (including phenoxy) is 1. The largest absolute Gasteiger partial charge is 0.505 e. The third kappa shape index (κ3) is 3.17. The molecule has 0 saturated carbocycles. The lowest BCUT2D eigenvalue weighted by Gasteiger charge is -2.10. The van der Waals surface area contributed by atoms with Crippen molar-refractivity contribution >= 4 is 22.3 Å². The van der Waals surface area contributed by atoms with Gasteiger partial charge < -0.3 is 15.2 Å². The molecule has 3 aromatic carbocycles. The Balaban J connectivity index is 1.66. The third-order valence-corrected chi connectivity index (χ3v) is 4.43. The summed E-state index contributed by atoms with van der Waals surface area (Å²) in [6, 6.07) is 15.9. The summed E-state index contributed by atoms with van der Waals surface area (Å²) in [5, 5.41) is 18.3. The maximum Gasteiger partial charge on any atom is 0.164 e. The van der Waals surface area contributed by atoms with Gasteiger partial charge in [-0.15, -0.1) is 0 Å². The van der Waals surface area contributed by atoms with E-state index in [0.717, 1.165) is 33.6 Å². The molecule has 0 aliphatic heterocycles. The highest BCUT2D eigenvalue weighted by atomic mass is 19.1.